The lowest BCUT2D eigenvalue weighted by Gasteiger charge is -2.22. The molecule has 4 heterocycles. The van der Waals surface area contributed by atoms with Crippen LogP contribution in [0.15, 0.2) is 54.7 Å². The van der Waals surface area contributed by atoms with Gasteiger partial charge in [-0.3, -0.25) is 19.5 Å². The molecule has 2 amide bonds. The summed E-state index contributed by atoms with van der Waals surface area (Å²) in [6, 6.07) is 14.8. The van der Waals surface area contributed by atoms with Gasteiger partial charge in [-0.05, 0) is 55.3 Å². The van der Waals surface area contributed by atoms with E-state index in [2.05, 4.69) is 25.1 Å². The summed E-state index contributed by atoms with van der Waals surface area (Å²) in [5, 5.41) is 3.36. The SMILES string of the molecule is Cc1c(-c2cccc(NC(=O)c3nc4c(n3C)CCN(C)C4)c2Cl)cccc1N(C)C(=O)c1ccc(CN2CC[C@@H](F)C2)cn1. The van der Waals surface area contributed by atoms with E-state index in [0.717, 1.165) is 53.2 Å². The highest BCUT2D eigenvalue weighted by Gasteiger charge is 2.26. The summed E-state index contributed by atoms with van der Waals surface area (Å²) in [4.78, 5) is 41.7. The fraction of sp³-hybridized carbons (Fsp3) is 0.353. The van der Waals surface area contributed by atoms with E-state index < -0.39 is 6.17 Å². The van der Waals surface area contributed by atoms with Crippen LogP contribution >= 0.6 is 11.6 Å². The Morgan fingerprint density at radius 3 is 2.60 bits per heavy atom. The maximum Gasteiger partial charge on any atom is 0.291 e. The number of nitrogens with zero attached hydrogens (tertiary/aromatic N) is 6. The normalized spacial score (nSPS) is 16.9. The minimum absolute atomic E-state index is 0.247. The molecule has 0 saturated carbocycles. The number of imidazole rings is 1. The van der Waals surface area contributed by atoms with Gasteiger partial charge < -0.3 is 19.7 Å². The van der Waals surface area contributed by atoms with Crippen LogP contribution in [0.25, 0.3) is 11.1 Å². The van der Waals surface area contributed by atoms with Crippen LogP contribution in [0.3, 0.4) is 0 Å². The van der Waals surface area contributed by atoms with Crippen molar-refractivity contribution in [2.75, 3.05) is 43.9 Å². The number of aromatic nitrogens is 3. The molecular weight excluding hydrogens is 593 g/mol. The molecule has 0 bridgehead atoms. The van der Waals surface area contributed by atoms with Gasteiger partial charge in [-0.15, -0.1) is 0 Å². The fourth-order valence-corrected chi connectivity index (χ4v) is 6.54. The number of carbonyl (C=O) groups is 2. The van der Waals surface area contributed by atoms with Crippen molar-refractivity contribution in [3.05, 3.63) is 93.8 Å². The molecule has 9 nitrogen and oxygen atoms in total. The van der Waals surface area contributed by atoms with Gasteiger partial charge in [0.25, 0.3) is 11.8 Å². The smallest absolute Gasteiger partial charge is 0.291 e. The summed E-state index contributed by atoms with van der Waals surface area (Å²) in [6.07, 6.45) is 2.31. The summed E-state index contributed by atoms with van der Waals surface area (Å²) < 4.78 is 15.4. The van der Waals surface area contributed by atoms with Crippen molar-refractivity contribution in [2.45, 2.75) is 39.0 Å². The van der Waals surface area contributed by atoms with Crippen LogP contribution in [-0.4, -0.2) is 76.1 Å². The summed E-state index contributed by atoms with van der Waals surface area (Å²) in [7, 11) is 5.64. The molecule has 0 unspecified atom stereocenters. The highest BCUT2D eigenvalue weighted by Crippen LogP contribution is 2.38. The van der Waals surface area contributed by atoms with Crippen LogP contribution in [0.5, 0.6) is 0 Å². The maximum atomic E-state index is 13.5. The van der Waals surface area contributed by atoms with E-state index in [1.165, 1.54) is 0 Å². The van der Waals surface area contributed by atoms with Gasteiger partial charge >= 0.3 is 0 Å². The number of carbonyl (C=O) groups excluding carboxylic acids is 2. The number of fused-ring (bicyclic) bond motifs is 1. The van der Waals surface area contributed by atoms with E-state index in [0.29, 0.717) is 54.0 Å². The Morgan fingerprint density at radius 1 is 1.09 bits per heavy atom. The summed E-state index contributed by atoms with van der Waals surface area (Å²) in [5.41, 5.74) is 6.88. The molecule has 0 spiro atoms. The number of benzene rings is 2. The van der Waals surface area contributed by atoms with Crippen molar-refractivity contribution in [1.82, 2.24) is 24.3 Å². The number of hydrogen-bond acceptors (Lipinski definition) is 6. The van der Waals surface area contributed by atoms with Crippen molar-refractivity contribution in [3.63, 3.8) is 0 Å². The second-order valence-electron chi connectivity index (χ2n) is 12.0. The van der Waals surface area contributed by atoms with Crippen molar-refractivity contribution in [3.8, 4) is 11.1 Å². The van der Waals surface area contributed by atoms with Crippen LogP contribution in [0, 0.1) is 6.92 Å². The van der Waals surface area contributed by atoms with Gasteiger partial charge in [-0.25, -0.2) is 9.37 Å². The lowest BCUT2D eigenvalue weighted by atomic mass is 9.98. The Hall–Kier alpha value is -4.12. The number of amides is 2. The van der Waals surface area contributed by atoms with E-state index in [1.807, 2.05) is 62.0 Å². The van der Waals surface area contributed by atoms with Crippen molar-refractivity contribution < 1.29 is 14.0 Å². The molecule has 234 valence electrons. The number of hydrogen-bond donors (Lipinski definition) is 1. The van der Waals surface area contributed by atoms with Gasteiger partial charge in [-0.2, -0.15) is 0 Å². The summed E-state index contributed by atoms with van der Waals surface area (Å²) in [6.45, 7) is 5.34. The Bertz CT molecular complexity index is 1760. The molecule has 2 aromatic carbocycles. The number of halogens is 2. The second kappa shape index (κ2) is 12.7. The molecule has 0 radical (unpaired) electrons. The fourth-order valence-electron chi connectivity index (χ4n) is 6.27. The van der Waals surface area contributed by atoms with Crippen molar-refractivity contribution >= 4 is 34.8 Å². The molecule has 1 atom stereocenters. The first kappa shape index (κ1) is 30.9. The quantitative estimate of drug-likeness (QED) is 0.290. The van der Waals surface area contributed by atoms with Gasteiger partial charge in [0.2, 0.25) is 0 Å². The van der Waals surface area contributed by atoms with E-state index in [1.54, 1.807) is 30.3 Å². The number of alkyl halides is 1. The Balaban J connectivity index is 1.20. The van der Waals surface area contributed by atoms with Crippen LogP contribution < -0.4 is 10.2 Å². The predicted molar refractivity (Wildman–Crippen MR) is 175 cm³/mol. The Morgan fingerprint density at radius 2 is 1.87 bits per heavy atom. The number of nitrogens with one attached hydrogen (secondary N) is 1. The minimum atomic E-state index is -0.776. The third-order valence-electron chi connectivity index (χ3n) is 8.82. The van der Waals surface area contributed by atoms with Gasteiger partial charge in [0, 0.05) is 76.4 Å². The van der Waals surface area contributed by atoms with E-state index in [9.17, 15) is 14.0 Å². The second-order valence-corrected chi connectivity index (χ2v) is 12.4. The summed E-state index contributed by atoms with van der Waals surface area (Å²) >= 11 is 6.92. The van der Waals surface area contributed by atoms with Crippen LogP contribution in [0.1, 0.15) is 50.0 Å². The molecule has 1 N–H and O–H groups in total. The molecule has 45 heavy (non-hydrogen) atoms. The zero-order valence-electron chi connectivity index (χ0n) is 26.0. The van der Waals surface area contributed by atoms with E-state index in [4.69, 9.17) is 11.6 Å². The lowest BCUT2D eigenvalue weighted by Crippen LogP contribution is -2.28. The first-order chi connectivity index (χ1) is 21.6. The van der Waals surface area contributed by atoms with Gasteiger partial charge in [0.05, 0.1) is 16.4 Å². The molecule has 4 aromatic rings. The Kier molecular flexibility index (Phi) is 8.72. The zero-order valence-corrected chi connectivity index (χ0v) is 26.7. The molecule has 2 aromatic heterocycles. The highest BCUT2D eigenvalue weighted by molar-refractivity contribution is 6.36. The molecule has 0 aliphatic carbocycles. The van der Waals surface area contributed by atoms with Gasteiger partial charge in [0.1, 0.15) is 11.9 Å². The van der Waals surface area contributed by atoms with Crippen molar-refractivity contribution in [1.29, 1.82) is 0 Å². The van der Waals surface area contributed by atoms with Gasteiger partial charge in [0.15, 0.2) is 5.82 Å². The maximum absolute atomic E-state index is 13.5. The molecule has 6 rings (SSSR count). The number of anilines is 2. The van der Waals surface area contributed by atoms with Crippen LogP contribution in [0.4, 0.5) is 15.8 Å². The molecular formula is C34H37ClFN7O2. The predicted octanol–water partition coefficient (Wildman–Crippen LogP) is 5.50. The molecule has 1 fully saturated rings. The monoisotopic (exact) mass is 629 g/mol. The van der Waals surface area contributed by atoms with Crippen molar-refractivity contribution in [2.24, 2.45) is 7.05 Å². The largest absolute Gasteiger partial charge is 0.327 e. The molecule has 11 heteroatoms. The van der Waals surface area contributed by atoms with Crippen LogP contribution in [-0.2, 0) is 26.6 Å². The third kappa shape index (κ3) is 6.22. The number of pyridine rings is 1. The number of likely N-dealkylation sites (N-methyl/N-ethyl adjacent to an activating group) is 1. The lowest BCUT2D eigenvalue weighted by molar-refractivity contribution is 0.0985. The molecule has 2 aliphatic heterocycles. The zero-order chi connectivity index (χ0) is 31.8. The molecule has 2 aliphatic rings. The standard InChI is InChI=1S/C34H37ClFN7O2/c1-21-24(7-6-10-29(21)42(4)34(45)27-12-11-22(17-37-27)18-43-16-13-23(36)19-43)25-8-5-9-26(31(25)35)39-33(44)32-38-28-20-40(2)15-14-30(28)41(32)3/h5-12,17,23H,13-16,18-20H2,1-4H3,(H,39,44)/t23-/m1/s1. The first-order valence-electron chi connectivity index (χ1n) is 15.1. The minimum Gasteiger partial charge on any atom is -0.327 e. The Labute approximate surface area is 267 Å². The van der Waals surface area contributed by atoms with E-state index >= 15 is 0 Å². The third-order valence-corrected chi connectivity index (χ3v) is 9.23. The highest BCUT2D eigenvalue weighted by atomic mass is 35.5. The number of likely N-dealkylation sites (tertiary alicyclic amines) is 1. The molecule has 1 saturated heterocycles. The van der Waals surface area contributed by atoms with Gasteiger partial charge in [-0.1, -0.05) is 41.9 Å². The average molecular weight is 630 g/mol. The summed E-state index contributed by atoms with van der Waals surface area (Å²) in [5.74, 6) is -0.223. The van der Waals surface area contributed by atoms with E-state index in [-0.39, 0.29) is 11.8 Å². The number of rotatable bonds is 7. The average Bonchev–Trinajstić information content (AvgIpc) is 3.59. The topological polar surface area (TPSA) is 86.6 Å². The van der Waals surface area contributed by atoms with Crippen LogP contribution in [0.2, 0.25) is 5.02 Å². The first-order valence-corrected chi connectivity index (χ1v) is 15.5.